The molecule has 2 aliphatic carbocycles. The van der Waals surface area contributed by atoms with Gasteiger partial charge in [-0.25, -0.2) is 0 Å². The van der Waals surface area contributed by atoms with E-state index in [9.17, 15) is 5.11 Å². The van der Waals surface area contributed by atoms with E-state index in [0.717, 1.165) is 12.0 Å². The van der Waals surface area contributed by atoms with Gasteiger partial charge in [-0.3, -0.25) is 0 Å². The fourth-order valence-corrected chi connectivity index (χ4v) is 3.49. The predicted molar refractivity (Wildman–Crippen MR) is 62.8 cm³/mol. The van der Waals surface area contributed by atoms with Crippen molar-refractivity contribution in [1.82, 2.24) is 5.32 Å². The summed E-state index contributed by atoms with van der Waals surface area (Å²) in [7, 11) is 0. The van der Waals surface area contributed by atoms with Gasteiger partial charge in [-0.15, -0.1) is 0 Å². The first-order valence-corrected chi connectivity index (χ1v) is 6.72. The first kappa shape index (κ1) is 11.4. The van der Waals surface area contributed by atoms with Crippen LogP contribution < -0.4 is 5.32 Å². The summed E-state index contributed by atoms with van der Waals surface area (Å²) in [6.07, 6.45) is 9.26. The molecule has 88 valence electrons. The van der Waals surface area contributed by atoms with Crippen LogP contribution in [0, 0.1) is 11.8 Å². The minimum atomic E-state index is 0.376. The van der Waals surface area contributed by atoms with Crippen LogP contribution >= 0.6 is 0 Å². The van der Waals surface area contributed by atoms with E-state index in [4.69, 9.17) is 0 Å². The van der Waals surface area contributed by atoms with Crippen LogP contribution in [0.25, 0.3) is 0 Å². The van der Waals surface area contributed by atoms with E-state index in [1.807, 2.05) is 0 Å². The highest BCUT2D eigenvalue weighted by Crippen LogP contribution is 2.32. The first-order chi connectivity index (χ1) is 7.35. The molecular weight excluding hydrogens is 186 g/mol. The number of nitrogens with one attached hydrogen (secondary N) is 1. The second-order valence-corrected chi connectivity index (χ2v) is 5.35. The van der Waals surface area contributed by atoms with Crippen LogP contribution in [0.1, 0.15) is 51.9 Å². The summed E-state index contributed by atoms with van der Waals surface area (Å²) in [6.45, 7) is 2.68. The zero-order chi connectivity index (χ0) is 10.7. The van der Waals surface area contributed by atoms with E-state index in [1.165, 1.54) is 44.9 Å². The van der Waals surface area contributed by atoms with Crippen molar-refractivity contribution in [2.24, 2.45) is 11.8 Å². The molecule has 0 radical (unpaired) electrons. The number of hydrogen-bond donors (Lipinski definition) is 2. The van der Waals surface area contributed by atoms with Crippen molar-refractivity contribution >= 4 is 0 Å². The number of rotatable bonds is 4. The highest BCUT2D eigenvalue weighted by atomic mass is 16.3. The monoisotopic (exact) mass is 211 g/mol. The van der Waals surface area contributed by atoms with Gasteiger partial charge in [0.2, 0.25) is 0 Å². The molecule has 2 nitrogen and oxygen atoms in total. The molecule has 0 aromatic rings. The Kier molecular flexibility index (Phi) is 4.04. The SMILES string of the molecule is CCC1CCCC1NC1CCCC1CO. The van der Waals surface area contributed by atoms with Crippen LogP contribution in [0.15, 0.2) is 0 Å². The fraction of sp³-hybridized carbons (Fsp3) is 1.00. The Morgan fingerprint density at radius 1 is 1.00 bits per heavy atom. The molecule has 15 heavy (non-hydrogen) atoms. The van der Waals surface area contributed by atoms with Gasteiger partial charge < -0.3 is 10.4 Å². The van der Waals surface area contributed by atoms with Gasteiger partial charge in [-0.1, -0.05) is 26.2 Å². The molecule has 0 spiro atoms. The summed E-state index contributed by atoms with van der Waals surface area (Å²) in [4.78, 5) is 0. The minimum Gasteiger partial charge on any atom is -0.396 e. The van der Waals surface area contributed by atoms with Gasteiger partial charge in [-0.2, -0.15) is 0 Å². The average Bonchev–Trinajstić information content (AvgIpc) is 2.87. The second-order valence-electron chi connectivity index (χ2n) is 5.35. The smallest absolute Gasteiger partial charge is 0.0474 e. The maximum Gasteiger partial charge on any atom is 0.0474 e. The van der Waals surface area contributed by atoms with Crippen molar-refractivity contribution in [1.29, 1.82) is 0 Å². The normalized spacial score (nSPS) is 41.2. The summed E-state index contributed by atoms with van der Waals surface area (Å²) in [6, 6.07) is 1.35. The van der Waals surface area contributed by atoms with E-state index < -0.39 is 0 Å². The van der Waals surface area contributed by atoms with Gasteiger partial charge in [0.25, 0.3) is 0 Å². The molecule has 2 aliphatic rings. The third-order valence-corrected chi connectivity index (χ3v) is 4.51. The van der Waals surface area contributed by atoms with Crippen LogP contribution in [0.2, 0.25) is 0 Å². The summed E-state index contributed by atoms with van der Waals surface area (Å²) < 4.78 is 0. The molecular formula is C13H25NO. The van der Waals surface area contributed by atoms with Crippen molar-refractivity contribution in [3.63, 3.8) is 0 Å². The van der Waals surface area contributed by atoms with Crippen LogP contribution in [0.5, 0.6) is 0 Å². The predicted octanol–water partition coefficient (Wildman–Crippen LogP) is 2.32. The molecule has 4 unspecified atom stereocenters. The molecule has 0 heterocycles. The summed E-state index contributed by atoms with van der Waals surface area (Å²) in [5.74, 6) is 1.42. The molecule has 0 saturated heterocycles. The Balaban J connectivity index is 1.84. The highest BCUT2D eigenvalue weighted by molar-refractivity contribution is 4.90. The summed E-state index contributed by atoms with van der Waals surface area (Å²) in [5.41, 5.74) is 0. The van der Waals surface area contributed by atoms with Gasteiger partial charge in [-0.05, 0) is 37.5 Å². The second kappa shape index (κ2) is 5.31. The Morgan fingerprint density at radius 2 is 1.60 bits per heavy atom. The Morgan fingerprint density at radius 3 is 2.20 bits per heavy atom. The first-order valence-electron chi connectivity index (χ1n) is 6.72. The van der Waals surface area contributed by atoms with Gasteiger partial charge >= 0.3 is 0 Å². The summed E-state index contributed by atoms with van der Waals surface area (Å²) >= 11 is 0. The number of aliphatic hydroxyl groups is 1. The Labute approximate surface area is 93.5 Å². The quantitative estimate of drug-likeness (QED) is 0.748. The lowest BCUT2D eigenvalue weighted by Gasteiger charge is -2.27. The highest BCUT2D eigenvalue weighted by Gasteiger charge is 2.32. The molecule has 0 amide bonds. The molecule has 4 atom stereocenters. The lowest BCUT2D eigenvalue weighted by atomic mass is 9.97. The van der Waals surface area contributed by atoms with Crippen molar-refractivity contribution in [3.05, 3.63) is 0 Å². The zero-order valence-corrected chi connectivity index (χ0v) is 9.91. The number of aliphatic hydroxyl groups excluding tert-OH is 1. The van der Waals surface area contributed by atoms with Gasteiger partial charge in [0.05, 0.1) is 0 Å². The van der Waals surface area contributed by atoms with Crippen molar-refractivity contribution in [3.8, 4) is 0 Å². The Bertz CT molecular complexity index is 175. The molecule has 2 saturated carbocycles. The molecule has 0 aromatic carbocycles. The maximum atomic E-state index is 9.29. The summed E-state index contributed by atoms with van der Waals surface area (Å²) in [5, 5.41) is 13.1. The standard InChI is InChI=1S/C13H25NO/c1-2-10-5-3-7-12(10)14-13-8-4-6-11(13)9-15/h10-15H,2-9H2,1H3. The molecule has 0 bridgehead atoms. The van der Waals surface area contributed by atoms with E-state index >= 15 is 0 Å². The fourth-order valence-electron chi connectivity index (χ4n) is 3.49. The van der Waals surface area contributed by atoms with Crippen LogP contribution in [0.3, 0.4) is 0 Å². The van der Waals surface area contributed by atoms with E-state index in [0.29, 0.717) is 18.6 Å². The van der Waals surface area contributed by atoms with Crippen molar-refractivity contribution < 1.29 is 5.11 Å². The van der Waals surface area contributed by atoms with Crippen LogP contribution in [-0.2, 0) is 0 Å². The van der Waals surface area contributed by atoms with Crippen molar-refractivity contribution in [2.75, 3.05) is 6.61 Å². The van der Waals surface area contributed by atoms with Crippen LogP contribution in [-0.4, -0.2) is 23.8 Å². The number of hydrogen-bond acceptors (Lipinski definition) is 2. The average molecular weight is 211 g/mol. The third kappa shape index (κ3) is 2.54. The lowest BCUT2D eigenvalue weighted by Crippen LogP contribution is -2.43. The van der Waals surface area contributed by atoms with E-state index in [-0.39, 0.29) is 0 Å². The molecule has 0 aromatic heterocycles. The largest absolute Gasteiger partial charge is 0.396 e. The topological polar surface area (TPSA) is 32.3 Å². The van der Waals surface area contributed by atoms with Gasteiger partial charge in [0.1, 0.15) is 0 Å². The molecule has 2 heteroatoms. The maximum absolute atomic E-state index is 9.29. The molecule has 2 N–H and O–H groups in total. The van der Waals surface area contributed by atoms with Crippen molar-refractivity contribution in [2.45, 2.75) is 64.0 Å². The van der Waals surface area contributed by atoms with E-state index in [2.05, 4.69) is 12.2 Å². The molecule has 0 aliphatic heterocycles. The van der Waals surface area contributed by atoms with Gasteiger partial charge in [0.15, 0.2) is 0 Å². The lowest BCUT2D eigenvalue weighted by molar-refractivity contribution is 0.193. The molecule has 2 fully saturated rings. The molecule has 2 rings (SSSR count). The van der Waals surface area contributed by atoms with E-state index in [1.54, 1.807) is 0 Å². The minimum absolute atomic E-state index is 0.376. The Hall–Kier alpha value is -0.0800. The zero-order valence-electron chi connectivity index (χ0n) is 9.91. The van der Waals surface area contributed by atoms with Gasteiger partial charge in [0, 0.05) is 18.7 Å². The third-order valence-electron chi connectivity index (χ3n) is 4.51. The van der Waals surface area contributed by atoms with Crippen LogP contribution in [0.4, 0.5) is 0 Å².